The maximum Gasteiger partial charge on any atom is 0.211 e. The van der Waals surface area contributed by atoms with E-state index in [9.17, 15) is 8.42 Å². The summed E-state index contributed by atoms with van der Waals surface area (Å²) in [5, 5.41) is 7.81. The minimum Gasteiger partial charge on any atom is -0.466 e. The predicted octanol–water partition coefficient (Wildman–Crippen LogP) is 3.94. The summed E-state index contributed by atoms with van der Waals surface area (Å²) in [5.74, 6) is 0.916. The molecule has 0 radical (unpaired) electrons. The van der Waals surface area contributed by atoms with Crippen molar-refractivity contribution < 1.29 is 13.2 Å². The molecule has 0 bridgehead atoms. The zero-order valence-electron chi connectivity index (χ0n) is 17.0. The largest absolute Gasteiger partial charge is 0.466 e. The van der Waals surface area contributed by atoms with Crippen LogP contribution >= 0.6 is 11.6 Å². The van der Waals surface area contributed by atoms with Crippen LogP contribution in [0.1, 0.15) is 42.0 Å². The number of nitrogens with zero attached hydrogens (tertiary/aromatic N) is 3. The monoisotopic (exact) mass is 445 g/mol. The van der Waals surface area contributed by atoms with Crippen LogP contribution in [0.25, 0.3) is 0 Å². The summed E-state index contributed by atoms with van der Waals surface area (Å²) >= 11 is 6.07. The van der Waals surface area contributed by atoms with Gasteiger partial charge in [0.2, 0.25) is 15.7 Å². The van der Waals surface area contributed by atoms with E-state index in [2.05, 4.69) is 30.1 Å². The lowest BCUT2D eigenvalue weighted by atomic mass is 9.90. The molecule has 0 unspecified atom stereocenters. The van der Waals surface area contributed by atoms with Crippen LogP contribution in [0.5, 0.6) is 5.75 Å². The summed E-state index contributed by atoms with van der Waals surface area (Å²) in [7, 11) is -3.22. The molecule has 0 saturated carbocycles. The molecule has 1 fully saturated rings. The van der Waals surface area contributed by atoms with Crippen molar-refractivity contribution in [2.45, 2.75) is 38.0 Å². The summed E-state index contributed by atoms with van der Waals surface area (Å²) in [6.07, 6.45) is 3.18. The van der Waals surface area contributed by atoms with E-state index in [1.807, 2.05) is 24.3 Å². The van der Waals surface area contributed by atoms with E-state index in [-0.39, 0.29) is 6.04 Å². The Labute approximate surface area is 182 Å². The van der Waals surface area contributed by atoms with Crippen LogP contribution in [0, 0.1) is 6.92 Å². The van der Waals surface area contributed by atoms with E-state index in [1.54, 1.807) is 0 Å². The van der Waals surface area contributed by atoms with Crippen molar-refractivity contribution in [2.24, 2.45) is 5.10 Å². The Bertz CT molecular complexity index is 1120. The fourth-order valence-corrected chi connectivity index (χ4v) is 5.73. The van der Waals surface area contributed by atoms with Gasteiger partial charge in [0.05, 0.1) is 18.0 Å². The van der Waals surface area contributed by atoms with Gasteiger partial charge in [-0.3, -0.25) is 0 Å². The van der Waals surface area contributed by atoms with Crippen molar-refractivity contribution in [3.8, 4) is 5.75 Å². The molecule has 2 aromatic rings. The third kappa shape index (κ3) is 3.20. The topological polar surface area (TPSA) is 62.2 Å². The van der Waals surface area contributed by atoms with Crippen molar-refractivity contribution in [3.63, 3.8) is 0 Å². The Morgan fingerprint density at radius 1 is 1.13 bits per heavy atom. The number of halogens is 1. The Hall–Kier alpha value is -2.09. The third-order valence-electron chi connectivity index (χ3n) is 6.37. The molecule has 0 amide bonds. The standard InChI is InChI=1S/C22H24ClN3O3S/c1-15-4-3-5-18-20-14-19(16-6-8-17(23)9-7-16)24-26(20)22(29-21(15)18)10-12-25(13-11-22)30(2,27)28/h3-9,20H,10-14H2,1-2H3/t20-/m0/s1. The van der Waals surface area contributed by atoms with Gasteiger partial charge in [-0.05, 0) is 30.2 Å². The van der Waals surface area contributed by atoms with Crippen molar-refractivity contribution in [3.05, 3.63) is 64.2 Å². The fraction of sp³-hybridized carbons (Fsp3) is 0.409. The summed E-state index contributed by atoms with van der Waals surface area (Å²) in [5.41, 5.74) is 3.64. The first-order chi connectivity index (χ1) is 14.3. The second-order valence-corrected chi connectivity index (χ2v) is 10.7. The molecule has 0 aliphatic carbocycles. The molecule has 30 heavy (non-hydrogen) atoms. The molecular formula is C22H24ClN3O3S. The van der Waals surface area contributed by atoms with Gasteiger partial charge in [0.25, 0.3) is 0 Å². The molecule has 3 aliphatic heterocycles. The van der Waals surface area contributed by atoms with Crippen molar-refractivity contribution in [1.29, 1.82) is 0 Å². The van der Waals surface area contributed by atoms with Gasteiger partial charge in [0, 0.05) is 42.9 Å². The van der Waals surface area contributed by atoms with Crippen LogP contribution in [0.2, 0.25) is 5.02 Å². The maximum atomic E-state index is 12.0. The number of hydrogen-bond acceptors (Lipinski definition) is 5. The average molecular weight is 446 g/mol. The predicted molar refractivity (Wildman–Crippen MR) is 117 cm³/mol. The van der Waals surface area contributed by atoms with Crippen LogP contribution in [0.15, 0.2) is 47.6 Å². The Morgan fingerprint density at radius 3 is 2.50 bits per heavy atom. The molecule has 1 spiro atoms. The van der Waals surface area contributed by atoms with Crippen LogP contribution in [-0.4, -0.2) is 48.5 Å². The van der Waals surface area contributed by atoms with Crippen LogP contribution in [0.3, 0.4) is 0 Å². The highest BCUT2D eigenvalue weighted by Gasteiger charge is 2.52. The van der Waals surface area contributed by atoms with E-state index < -0.39 is 15.7 Å². The van der Waals surface area contributed by atoms with Gasteiger partial charge in [-0.15, -0.1) is 0 Å². The molecule has 1 atom stereocenters. The number of para-hydroxylation sites is 1. The van der Waals surface area contributed by atoms with Gasteiger partial charge in [0.15, 0.2) is 0 Å². The number of rotatable bonds is 2. The number of hydrazone groups is 1. The molecule has 158 valence electrons. The van der Waals surface area contributed by atoms with Gasteiger partial charge < -0.3 is 4.74 Å². The van der Waals surface area contributed by atoms with Crippen molar-refractivity contribution in [1.82, 2.24) is 9.31 Å². The summed E-state index contributed by atoms with van der Waals surface area (Å²) < 4.78 is 32.2. The number of piperidine rings is 1. The molecule has 6 nitrogen and oxygen atoms in total. The highest BCUT2D eigenvalue weighted by molar-refractivity contribution is 7.88. The minimum atomic E-state index is -3.22. The van der Waals surface area contributed by atoms with Crippen molar-refractivity contribution >= 4 is 27.3 Å². The maximum absolute atomic E-state index is 12.0. The van der Waals surface area contributed by atoms with Crippen LogP contribution in [0.4, 0.5) is 0 Å². The third-order valence-corrected chi connectivity index (χ3v) is 7.93. The number of benzene rings is 2. The lowest BCUT2D eigenvalue weighted by Gasteiger charge is -2.51. The highest BCUT2D eigenvalue weighted by atomic mass is 35.5. The Balaban J connectivity index is 1.56. The van der Waals surface area contributed by atoms with E-state index in [1.165, 1.54) is 10.6 Å². The molecule has 1 saturated heterocycles. The van der Waals surface area contributed by atoms with Crippen molar-refractivity contribution in [2.75, 3.05) is 19.3 Å². The average Bonchev–Trinajstić information content (AvgIpc) is 3.16. The Kier molecular flexibility index (Phi) is 4.61. The number of ether oxygens (including phenoxy) is 1. The lowest BCUT2D eigenvalue weighted by Crippen LogP contribution is -2.59. The molecule has 3 aliphatic rings. The molecule has 8 heteroatoms. The molecule has 0 N–H and O–H groups in total. The molecule has 3 heterocycles. The summed E-state index contributed by atoms with van der Waals surface area (Å²) in [4.78, 5) is 0. The first-order valence-electron chi connectivity index (χ1n) is 10.1. The van der Waals surface area contributed by atoms with Crippen LogP contribution < -0.4 is 4.74 Å². The second-order valence-electron chi connectivity index (χ2n) is 8.32. The number of sulfonamides is 1. The summed E-state index contributed by atoms with van der Waals surface area (Å²) in [6, 6.07) is 14.1. The molecule has 5 rings (SSSR count). The number of hydrogen-bond donors (Lipinski definition) is 0. The van der Waals surface area contributed by atoms with E-state index in [0.29, 0.717) is 31.0 Å². The normalized spacial score (nSPS) is 23.0. The second kappa shape index (κ2) is 6.97. The van der Waals surface area contributed by atoms with E-state index in [4.69, 9.17) is 21.4 Å². The number of fused-ring (bicyclic) bond motifs is 4. The smallest absolute Gasteiger partial charge is 0.211 e. The first-order valence-corrected chi connectivity index (χ1v) is 12.4. The van der Waals surface area contributed by atoms with Gasteiger partial charge in [-0.1, -0.05) is 41.9 Å². The van der Waals surface area contributed by atoms with Gasteiger partial charge in [0.1, 0.15) is 5.75 Å². The molecular weight excluding hydrogens is 422 g/mol. The highest BCUT2D eigenvalue weighted by Crippen LogP contribution is 2.51. The number of aryl methyl sites for hydroxylation is 1. The molecule has 0 aromatic heterocycles. The van der Waals surface area contributed by atoms with Gasteiger partial charge in [-0.2, -0.15) is 5.10 Å². The van der Waals surface area contributed by atoms with Gasteiger partial charge >= 0.3 is 0 Å². The lowest BCUT2D eigenvalue weighted by molar-refractivity contribution is -0.143. The fourth-order valence-electron chi connectivity index (χ4n) is 4.76. The van der Waals surface area contributed by atoms with E-state index >= 15 is 0 Å². The molecule has 2 aromatic carbocycles. The van der Waals surface area contributed by atoms with E-state index in [0.717, 1.165) is 34.6 Å². The first kappa shape index (κ1) is 19.8. The van der Waals surface area contributed by atoms with Gasteiger partial charge in [-0.25, -0.2) is 17.7 Å². The Morgan fingerprint density at radius 2 is 1.83 bits per heavy atom. The van der Waals surface area contributed by atoms with Crippen LogP contribution in [-0.2, 0) is 10.0 Å². The zero-order valence-corrected chi connectivity index (χ0v) is 18.6. The minimum absolute atomic E-state index is 0.0733. The summed E-state index contributed by atoms with van der Waals surface area (Å²) in [6.45, 7) is 2.91. The quantitative estimate of drug-likeness (QED) is 0.702. The zero-order chi connectivity index (χ0) is 21.1. The SMILES string of the molecule is Cc1cccc2c1OC1(CCN(S(C)(=O)=O)CC1)N1N=C(c3ccc(Cl)cc3)C[C@@H]21.